The molecular formula is C28H31NO7. The van der Waals surface area contributed by atoms with E-state index in [1.807, 2.05) is 18.2 Å². The van der Waals surface area contributed by atoms with Crippen LogP contribution < -0.4 is 29.0 Å². The molecule has 1 saturated heterocycles. The van der Waals surface area contributed by atoms with Crippen LogP contribution in [0.1, 0.15) is 42.7 Å². The molecule has 190 valence electrons. The number of methoxy groups -OCH3 is 4. The second-order valence-corrected chi connectivity index (χ2v) is 9.21. The highest BCUT2D eigenvalue weighted by molar-refractivity contribution is 5.98. The van der Waals surface area contributed by atoms with Gasteiger partial charge in [0, 0.05) is 29.4 Å². The normalized spacial score (nSPS) is 25.7. The van der Waals surface area contributed by atoms with Gasteiger partial charge in [-0.3, -0.25) is 4.79 Å². The molecule has 2 aromatic carbocycles. The molecule has 0 unspecified atom stereocenters. The smallest absolute Gasteiger partial charge is 0.254 e. The van der Waals surface area contributed by atoms with Crippen LogP contribution >= 0.6 is 0 Å². The number of fused-ring (bicyclic) bond motifs is 2. The fourth-order valence-corrected chi connectivity index (χ4v) is 5.91. The summed E-state index contributed by atoms with van der Waals surface area (Å²) in [7, 11) is 6.23. The Balaban J connectivity index is 1.62. The summed E-state index contributed by atoms with van der Waals surface area (Å²) in [4.78, 5) is 13.4. The molecular weight excluding hydrogens is 462 g/mol. The molecule has 8 nitrogen and oxygen atoms in total. The van der Waals surface area contributed by atoms with E-state index < -0.39 is 5.72 Å². The van der Waals surface area contributed by atoms with Crippen molar-refractivity contribution in [2.45, 2.75) is 37.3 Å². The molecule has 5 rings (SSSR count). The molecule has 3 aliphatic rings. The Morgan fingerprint density at radius 3 is 2.53 bits per heavy atom. The minimum Gasteiger partial charge on any atom is -0.507 e. The van der Waals surface area contributed by atoms with Crippen molar-refractivity contribution in [3.63, 3.8) is 0 Å². The van der Waals surface area contributed by atoms with Crippen LogP contribution in [0.25, 0.3) is 6.08 Å². The summed E-state index contributed by atoms with van der Waals surface area (Å²) < 4.78 is 28.5. The SMILES string of the molecule is COc1cccc2c1O[C@@]13CCCC[C@@H]1[C@H]2/C(=C(O)\C=C\c1ccc(OC)c(OC)c1OC)C(=O)N3. The maximum absolute atomic E-state index is 13.4. The van der Waals surface area contributed by atoms with E-state index in [1.54, 1.807) is 32.4 Å². The minimum atomic E-state index is -0.804. The summed E-state index contributed by atoms with van der Waals surface area (Å²) in [6, 6.07) is 9.26. The zero-order valence-corrected chi connectivity index (χ0v) is 20.9. The highest BCUT2D eigenvalue weighted by Crippen LogP contribution is 2.57. The van der Waals surface area contributed by atoms with E-state index >= 15 is 0 Å². The first kappa shape index (κ1) is 23.9. The molecule has 1 aliphatic carbocycles. The van der Waals surface area contributed by atoms with Gasteiger partial charge in [-0.1, -0.05) is 18.6 Å². The lowest BCUT2D eigenvalue weighted by atomic mass is 9.64. The van der Waals surface area contributed by atoms with Gasteiger partial charge in [-0.05, 0) is 43.2 Å². The molecule has 2 bridgehead atoms. The monoisotopic (exact) mass is 493 g/mol. The number of carbonyl (C=O) groups is 1. The van der Waals surface area contributed by atoms with E-state index in [4.69, 9.17) is 23.7 Å². The number of ether oxygens (including phenoxy) is 5. The maximum Gasteiger partial charge on any atom is 0.254 e. The van der Waals surface area contributed by atoms with Crippen LogP contribution in [0.2, 0.25) is 0 Å². The van der Waals surface area contributed by atoms with Gasteiger partial charge in [-0.25, -0.2) is 0 Å². The molecule has 3 atom stereocenters. The topological polar surface area (TPSA) is 95.5 Å². The minimum absolute atomic E-state index is 0.00437. The second-order valence-electron chi connectivity index (χ2n) is 9.21. The van der Waals surface area contributed by atoms with E-state index in [0.29, 0.717) is 46.3 Å². The molecule has 0 spiro atoms. The van der Waals surface area contributed by atoms with E-state index in [0.717, 1.165) is 24.8 Å². The second kappa shape index (κ2) is 9.33. The summed E-state index contributed by atoms with van der Waals surface area (Å²) in [5.74, 6) is 1.92. The third kappa shape index (κ3) is 3.63. The average molecular weight is 494 g/mol. The Labute approximate surface area is 210 Å². The predicted molar refractivity (Wildman–Crippen MR) is 134 cm³/mol. The van der Waals surface area contributed by atoms with Gasteiger partial charge in [0.15, 0.2) is 28.7 Å². The Morgan fingerprint density at radius 1 is 1.03 bits per heavy atom. The molecule has 1 saturated carbocycles. The van der Waals surface area contributed by atoms with Gasteiger partial charge >= 0.3 is 0 Å². The number of piperidine rings is 1. The van der Waals surface area contributed by atoms with Gasteiger partial charge in [0.05, 0.1) is 34.0 Å². The van der Waals surface area contributed by atoms with Crippen molar-refractivity contribution >= 4 is 12.0 Å². The number of aliphatic hydroxyl groups is 1. The van der Waals surface area contributed by atoms with Crippen LogP contribution in [0.3, 0.4) is 0 Å². The van der Waals surface area contributed by atoms with Gasteiger partial charge in [-0.2, -0.15) is 0 Å². The first-order valence-corrected chi connectivity index (χ1v) is 12.1. The van der Waals surface area contributed by atoms with Crippen molar-refractivity contribution in [2.24, 2.45) is 5.92 Å². The molecule has 2 fully saturated rings. The number of benzene rings is 2. The third-order valence-electron chi connectivity index (χ3n) is 7.48. The summed E-state index contributed by atoms with van der Waals surface area (Å²) in [5, 5.41) is 14.4. The van der Waals surface area contributed by atoms with E-state index in [9.17, 15) is 9.90 Å². The van der Waals surface area contributed by atoms with Crippen LogP contribution in [-0.2, 0) is 4.79 Å². The van der Waals surface area contributed by atoms with Crippen LogP contribution in [0.15, 0.2) is 47.7 Å². The van der Waals surface area contributed by atoms with E-state index in [2.05, 4.69) is 5.32 Å². The molecule has 0 radical (unpaired) electrons. The van der Waals surface area contributed by atoms with Crippen molar-refractivity contribution in [3.8, 4) is 28.7 Å². The van der Waals surface area contributed by atoms with Crippen molar-refractivity contribution in [3.05, 3.63) is 58.9 Å². The van der Waals surface area contributed by atoms with Crippen LogP contribution in [0.5, 0.6) is 28.7 Å². The highest BCUT2D eigenvalue weighted by atomic mass is 16.5. The third-order valence-corrected chi connectivity index (χ3v) is 7.48. The van der Waals surface area contributed by atoms with Crippen molar-refractivity contribution < 1.29 is 33.6 Å². The van der Waals surface area contributed by atoms with Crippen LogP contribution in [0, 0.1) is 5.92 Å². The lowest BCUT2D eigenvalue weighted by Gasteiger charge is -2.54. The molecule has 2 aliphatic heterocycles. The van der Waals surface area contributed by atoms with Gasteiger partial charge < -0.3 is 34.1 Å². The molecule has 1 amide bonds. The van der Waals surface area contributed by atoms with E-state index in [1.165, 1.54) is 20.3 Å². The Hall–Kier alpha value is -3.81. The molecule has 8 heteroatoms. The predicted octanol–water partition coefficient (Wildman–Crippen LogP) is 4.74. The first-order chi connectivity index (χ1) is 17.5. The number of rotatable bonds is 6. The largest absolute Gasteiger partial charge is 0.507 e. The van der Waals surface area contributed by atoms with Gasteiger partial charge in [0.1, 0.15) is 5.76 Å². The molecule has 0 aromatic heterocycles. The standard InChI is InChI=1S/C28H31NO7/c1-32-20-10-7-8-17-22-18-9-5-6-15-28(18,36-25(17)20)29-27(31)23(22)19(30)13-11-16-12-14-21(33-2)26(35-4)24(16)34-3/h7-8,10-14,18,22,30H,5-6,9,15H2,1-4H3,(H,29,31)/b13-11+,23-19-/t18-,22+,28+/m1/s1. The number of nitrogens with one attached hydrogen (secondary N) is 1. The zero-order valence-electron chi connectivity index (χ0n) is 20.9. The van der Waals surface area contributed by atoms with Gasteiger partial charge in [0.2, 0.25) is 5.75 Å². The number of carbonyl (C=O) groups excluding carboxylic acids is 1. The lowest BCUT2D eigenvalue weighted by molar-refractivity contribution is -0.140. The Bertz CT molecular complexity index is 1250. The average Bonchev–Trinajstić information content (AvgIpc) is 2.90. The number of hydrogen-bond acceptors (Lipinski definition) is 7. The summed E-state index contributed by atoms with van der Waals surface area (Å²) in [6.07, 6.45) is 6.82. The fourth-order valence-electron chi connectivity index (χ4n) is 5.91. The highest BCUT2D eigenvalue weighted by Gasteiger charge is 2.58. The van der Waals surface area contributed by atoms with Crippen LogP contribution in [0.4, 0.5) is 0 Å². The number of hydrogen-bond donors (Lipinski definition) is 2. The number of amides is 1. The first-order valence-electron chi connectivity index (χ1n) is 12.1. The van der Waals surface area contributed by atoms with Crippen molar-refractivity contribution in [2.75, 3.05) is 28.4 Å². The Morgan fingerprint density at radius 2 is 1.81 bits per heavy atom. The van der Waals surface area contributed by atoms with E-state index in [-0.39, 0.29) is 23.5 Å². The summed E-state index contributed by atoms with van der Waals surface area (Å²) in [5.41, 5.74) is 1.04. The summed E-state index contributed by atoms with van der Waals surface area (Å²) >= 11 is 0. The van der Waals surface area contributed by atoms with Gasteiger partial charge in [0.25, 0.3) is 5.91 Å². The molecule has 36 heavy (non-hydrogen) atoms. The molecule has 2 heterocycles. The number of para-hydroxylation sites is 1. The number of allylic oxidation sites excluding steroid dienone is 1. The van der Waals surface area contributed by atoms with Crippen molar-refractivity contribution in [1.82, 2.24) is 5.32 Å². The van der Waals surface area contributed by atoms with Gasteiger partial charge in [-0.15, -0.1) is 0 Å². The maximum atomic E-state index is 13.4. The van der Waals surface area contributed by atoms with Crippen molar-refractivity contribution in [1.29, 1.82) is 0 Å². The number of aliphatic hydroxyl groups excluding tert-OH is 1. The fraction of sp³-hybridized carbons (Fsp3) is 0.393. The zero-order chi connectivity index (χ0) is 25.4. The lowest BCUT2D eigenvalue weighted by Crippen LogP contribution is -2.66. The molecule has 2 aromatic rings. The quantitative estimate of drug-likeness (QED) is 0.443. The van der Waals surface area contributed by atoms with Crippen LogP contribution in [-0.4, -0.2) is 45.2 Å². The molecule has 2 N–H and O–H groups in total. The Kier molecular flexibility index (Phi) is 6.20. The summed E-state index contributed by atoms with van der Waals surface area (Å²) in [6.45, 7) is 0.